The minimum atomic E-state index is 0.0127. The number of imidazole rings is 1. The molecule has 2 aromatic heterocycles. The Morgan fingerprint density at radius 2 is 2.00 bits per heavy atom. The lowest BCUT2D eigenvalue weighted by atomic mass is 10.0. The van der Waals surface area contributed by atoms with Gasteiger partial charge in [0, 0.05) is 19.1 Å². The average molecular weight is 444 g/mol. The number of rotatable bonds is 6. The maximum absolute atomic E-state index is 12.9. The van der Waals surface area contributed by atoms with Gasteiger partial charge < -0.3 is 10.2 Å². The van der Waals surface area contributed by atoms with Crippen molar-refractivity contribution in [3.63, 3.8) is 0 Å². The van der Waals surface area contributed by atoms with Gasteiger partial charge >= 0.3 is 0 Å². The lowest BCUT2D eigenvalue weighted by molar-refractivity contribution is -0.117. The highest BCUT2D eigenvalue weighted by molar-refractivity contribution is 8.04. The first-order chi connectivity index (χ1) is 15.7. The summed E-state index contributed by atoms with van der Waals surface area (Å²) in [5, 5.41) is 13.2. The van der Waals surface area contributed by atoms with Crippen LogP contribution in [0.15, 0.2) is 58.6 Å². The number of carbonyl (C=O) groups is 1. The molecular formula is C25H25N5OS. The lowest BCUT2D eigenvalue weighted by Gasteiger charge is -2.32. The van der Waals surface area contributed by atoms with Crippen LogP contribution in [-0.4, -0.2) is 45.9 Å². The van der Waals surface area contributed by atoms with Gasteiger partial charge in [-0.2, -0.15) is 5.26 Å². The fourth-order valence-electron chi connectivity index (χ4n) is 4.41. The second-order valence-electron chi connectivity index (χ2n) is 8.35. The molecule has 0 unspecified atom stereocenters. The van der Waals surface area contributed by atoms with Crippen molar-refractivity contribution in [1.82, 2.24) is 19.6 Å². The summed E-state index contributed by atoms with van der Waals surface area (Å²) in [5.41, 5.74) is 3.85. The number of nitrogens with zero attached hydrogens (tertiary/aromatic N) is 4. The SMILES string of the molecule is N#Cc1ccc(CCCN2CCC(NC(=O)C3=Cc4cnc5cccc(n45)S3)CC2)cc1. The maximum Gasteiger partial charge on any atom is 0.258 e. The Bertz CT molecular complexity index is 1200. The number of carbonyl (C=O) groups excluding carboxylic acids is 1. The van der Waals surface area contributed by atoms with Crippen LogP contribution in [0.2, 0.25) is 0 Å². The lowest BCUT2D eigenvalue weighted by Crippen LogP contribution is -2.45. The number of aromatic nitrogens is 2. The van der Waals surface area contributed by atoms with Gasteiger partial charge in [-0.1, -0.05) is 30.0 Å². The zero-order chi connectivity index (χ0) is 21.9. The van der Waals surface area contributed by atoms with Gasteiger partial charge in [-0.15, -0.1) is 0 Å². The molecule has 2 aliphatic rings. The molecule has 1 N–H and O–H groups in total. The number of thioether (sulfide) groups is 1. The third-order valence-electron chi connectivity index (χ3n) is 6.18. The van der Waals surface area contributed by atoms with Crippen molar-refractivity contribution in [3.05, 3.63) is 70.4 Å². The van der Waals surface area contributed by atoms with Crippen LogP contribution in [-0.2, 0) is 11.2 Å². The first-order valence-corrected chi connectivity index (χ1v) is 11.9. The second kappa shape index (κ2) is 9.19. The molecule has 0 radical (unpaired) electrons. The van der Waals surface area contributed by atoms with Crippen LogP contribution in [0.4, 0.5) is 0 Å². The molecule has 0 spiro atoms. The molecule has 7 heteroatoms. The first kappa shape index (κ1) is 20.8. The summed E-state index contributed by atoms with van der Waals surface area (Å²) in [6.07, 6.45) is 7.85. The fraction of sp³-hybridized carbons (Fsp3) is 0.320. The van der Waals surface area contributed by atoms with Crippen molar-refractivity contribution in [2.24, 2.45) is 0 Å². The van der Waals surface area contributed by atoms with Crippen molar-refractivity contribution < 1.29 is 4.79 Å². The molecule has 5 rings (SSSR count). The largest absolute Gasteiger partial charge is 0.349 e. The summed E-state index contributed by atoms with van der Waals surface area (Å²) in [6, 6.07) is 16.2. The van der Waals surface area contributed by atoms with Crippen LogP contribution in [0.5, 0.6) is 0 Å². The quantitative estimate of drug-likeness (QED) is 0.626. The van der Waals surface area contributed by atoms with Gasteiger partial charge in [0.2, 0.25) is 0 Å². The van der Waals surface area contributed by atoms with Gasteiger partial charge in [-0.25, -0.2) is 4.98 Å². The van der Waals surface area contributed by atoms with Crippen LogP contribution in [0.3, 0.4) is 0 Å². The Balaban J connectivity index is 1.08. The van der Waals surface area contributed by atoms with Gasteiger partial charge in [0.25, 0.3) is 5.91 Å². The minimum Gasteiger partial charge on any atom is -0.349 e. The number of nitriles is 1. The highest BCUT2D eigenvalue weighted by Crippen LogP contribution is 2.34. The topological polar surface area (TPSA) is 73.4 Å². The summed E-state index contributed by atoms with van der Waals surface area (Å²) in [7, 11) is 0. The monoisotopic (exact) mass is 443 g/mol. The van der Waals surface area contributed by atoms with Gasteiger partial charge in [0.15, 0.2) is 0 Å². The number of likely N-dealkylation sites (tertiary alicyclic amines) is 1. The number of aryl methyl sites for hydroxylation is 1. The third-order valence-corrected chi connectivity index (χ3v) is 7.23. The van der Waals surface area contributed by atoms with Crippen molar-refractivity contribution >= 4 is 29.4 Å². The molecule has 0 atom stereocenters. The summed E-state index contributed by atoms with van der Waals surface area (Å²) in [6.45, 7) is 3.09. The van der Waals surface area contributed by atoms with E-state index in [1.807, 2.05) is 54.7 Å². The molecule has 1 saturated heterocycles. The molecule has 2 aliphatic heterocycles. The number of nitrogens with one attached hydrogen (secondary N) is 1. The fourth-order valence-corrected chi connectivity index (χ4v) is 5.40. The number of amides is 1. The first-order valence-electron chi connectivity index (χ1n) is 11.1. The van der Waals surface area contributed by atoms with Crippen LogP contribution in [0.25, 0.3) is 11.7 Å². The highest BCUT2D eigenvalue weighted by atomic mass is 32.2. The molecule has 162 valence electrons. The van der Waals surface area contributed by atoms with E-state index in [1.165, 1.54) is 17.3 Å². The molecule has 0 saturated carbocycles. The molecule has 0 aliphatic carbocycles. The van der Waals surface area contributed by atoms with Gasteiger partial charge in [0.1, 0.15) is 5.65 Å². The maximum atomic E-state index is 12.9. The second-order valence-corrected chi connectivity index (χ2v) is 9.42. The Labute approximate surface area is 191 Å². The van der Waals surface area contributed by atoms with E-state index in [2.05, 4.69) is 25.7 Å². The van der Waals surface area contributed by atoms with Crippen molar-refractivity contribution in [2.45, 2.75) is 36.8 Å². The van der Waals surface area contributed by atoms with Gasteiger partial charge in [-0.05, 0) is 68.1 Å². The Morgan fingerprint density at radius 1 is 1.19 bits per heavy atom. The molecule has 4 heterocycles. The van der Waals surface area contributed by atoms with E-state index >= 15 is 0 Å². The van der Waals surface area contributed by atoms with Gasteiger partial charge in [-0.3, -0.25) is 9.20 Å². The minimum absolute atomic E-state index is 0.0127. The molecule has 6 nitrogen and oxygen atoms in total. The zero-order valence-corrected chi connectivity index (χ0v) is 18.6. The van der Waals surface area contributed by atoms with Crippen LogP contribution >= 0.6 is 11.8 Å². The molecule has 32 heavy (non-hydrogen) atoms. The van der Waals surface area contributed by atoms with Crippen molar-refractivity contribution in [1.29, 1.82) is 5.26 Å². The summed E-state index contributed by atoms with van der Waals surface area (Å²) in [5.74, 6) is 0.0127. The normalized spacial score (nSPS) is 16.5. The van der Waals surface area contributed by atoms with Crippen LogP contribution in [0.1, 0.15) is 36.1 Å². The van der Waals surface area contributed by atoms with E-state index in [1.54, 1.807) is 0 Å². The van der Waals surface area contributed by atoms with Crippen molar-refractivity contribution in [2.75, 3.05) is 19.6 Å². The molecule has 0 bridgehead atoms. The van der Waals surface area contributed by atoms with E-state index in [-0.39, 0.29) is 11.9 Å². The number of benzene rings is 1. The number of hydrogen-bond acceptors (Lipinski definition) is 5. The Kier molecular flexibility index (Phi) is 5.97. The zero-order valence-electron chi connectivity index (χ0n) is 17.8. The van der Waals surface area contributed by atoms with E-state index in [0.717, 1.165) is 66.6 Å². The summed E-state index contributed by atoms with van der Waals surface area (Å²) in [4.78, 5) is 20.5. The predicted molar refractivity (Wildman–Crippen MR) is 126 cm³/mol. The smallest absolute Gasteiger partial charge is 0.258 e. The number of hydrogen-bond donors (Lipinski definition) is 1. The van der Waals surface area contributed by atoms with Crippen LogP contribution in [0, 0.1) is 11.3 Å². The number of piperidine rings is 1. The van der Waals surface area contributed by atoms with E-state index in [0.29, 0.717) is 5.56 Å². The molecule has 1 fully saturated rings. The Hall–Kier alpha value is -3.08. The number of pyridine rings is 1. The summed E-state index contributed by atoms with van der Waals surface area (Å²) < 4.78 is 2.08. The molecule has 1 amide bonds. The third kappa shape index (κ3) is 4.43. The van der Waals surface area contributed by atoms with E-state index in [9.17, 15) is 4.79 Å². The molecular weight excluding hydrogens is 418 g/mol. The Morgan fingerprint density at radius 3 is 2.78 bits per heavy atom. The predicted octanol–water partition coefficient (Wildman–Crippen LogP) is 3.87. The van der Waals surface area contributed by atoms with E-state index < -0.39 is 0 Å². The van der Waals surface area contributed by atoms with Gasteiger partial charge in [0.05, 0.1) is 33.5 Å². The standard InChI is InChI=1S/C25H25N5OS/c26-16-19-8-6-18(7-9-19)3-2-12-29-13-10-20(11-14-29)28-25(31)22-15-21-17-27-23-4-1-5-24(32-22)30(21)23/h1,4-9,15,17,20H,2-3,10-14H2,(H,28,31). The summed E-state index contributed by atoms with van der Waals surface area (Å²) >= 11 is 1.51. The molecule has 1 aromatic carbocycles. The van der Waals surface area contributed by atoms with E-state index in [4.69, 9.17) is 5.26 Å². The van der Waals surface area contributed by atoms with Crippen LogP contribution < -0.4 is 5.32 Å². The molecule has 3 aromatic rings. The highest BCUT2D eigenvalue weighted by Gasteiger charge is 2.24. The van der Waals surface area contributed by atoms with Crippen molar-refractivity contribution in [3.8, 4) is 6.07 Å². The average Bonchev–Trinajstić information content (AvgIpc) is 3.25.